The number of rotatable bonds is 6. The van der Waals surface area contributed by atoms with Crippen molar-refractivity contribution in [3.8, 4) is 0 Å². The normalized spacial score (nSPS) is 18.7. The highest BCUT2D eigenvalue weighted by Gasteiger charge is 2.31. The minimum absolute atomic E-state index is 0.0982. The van der Waals surface area contributed by atoms with Crippen molar-refractivity contribution in [2.75, 3.05) is 26.2 Å². The molecule has 0 aromatic rings. The van der Waals surface area contributed by atoms with Crippen LogP contribution in [-0.2, 0) is 15.0 Å². The van der Waals surface area contributed by atoms with E-state index in [1.54, 1.807) is 0 Å². The van der Waals surface area contributed by atoms with Gasteiger partial charge in [0, 0.05) is 19.6 Å². The molecule has 6 nitrogen and oxygen atoms in total. The van der Waals surface area contributed by atoms with Crippen LogP contribution in [0.5, 0.6) is 0 Å². The van der Waals surface area contributed by atoms with Crippen LogP contribution in [0.3, 0.4) is 0 Å². The largest absolute Gasteiger partial charge is 0.480 e. The van der Waals surface area contributed by atoms with E-state index in [1.807, 2.05) is 13.8 Å². The van der Waals surface area contributed by atoms with Gasteiger partial charge in [0.15, 0.2) is 0 Å². The second-order valence-corrected chi connectivity index (χ2v) is 7.33. The van der Waals surface area contributed by atoms with Crippen molar-refractivity contribution in [2.24, 2.45) is 5.92 Å². The first-order chi connectivity index (χ1) is 8.84. The molecule has 0 unspecified atom stereocenters. The lowest BCUT2D eigenvalue weighted by Crippen LogP contribution is -2.47. The molecule has 0 saturated carbocycles. The van der Waals surface area contributed by atoms with E-state index in [0.29, 0.717) is 13.1 Å². The molecule has 0 aliphatic carbocycles. The van der Waals surface area contributed by atoms with Gasteiger partial charge in [-0.2, -0.15) is 17.0 Å². The van der Waals surface area contributed by atoms with E-state index in [-0.39, 0.29) is 12.5 Å². The lowest BCUT2D eigenvalue weighted by atomic mass is 10.2. The van der Waals surface area contributed by atoms with Crippen LogP contribution < -0.4 is 0 Å². The van der Waals surface area contributed by atoms with Gasteiger partial charge in [-0.05, 0) is 18.8 Å². The highest BCUT2D eigenvalue weighted by molar-refractivity contribution is 7.86. The van der Waals surface area contributed by atoms with E-state index in [9.17, 15) is 13.2 Å². The number of carboxylic acids is 1. The van der Waals surface area contributed by atoms with Gasteiger partial charge in [-0.1, -0.05) is 26.7 Å². The number of aliphatic carboxylic acids is 1. The Morgan fingerprint density at radius 1 is 1.21 bits per heavy atom. The highest BCUT2D eigenvalue weighted by Crippen LogP contribution is 2.17. The molecule has 0 bridgehead atoms. The molecule has 0 atom stereocenters. The first kappa shape index (κ1) is 16.4. The molecule has 19 heavy (non-hydrogen) atoms. The molecule has 112 valence electrons. The van der Waals surface area contributed by atoms with Gasteiger partial charge in [0.2, 0.25) is 0 Å². The van der Waals surface area contributed by atoms with Gasteiger partial charge < -0.3 is 5.11 Å². The van der Waals surface area contributed by atoms with E-state index < -0.39 is 22.7 Å². The van der Waals surface area contributed by atoms with Gasteiger partial charge in [0.05, 0.1) is 0 Å². The molecular weight excluding hydrogens is 268 g/mol. The summed E-state index contributed by atoms with van der Waals surface area (Å²) in [6.07, 6.45) is 3.77. The van der Waals surface area contributed by atoms with Gasteiger partial charge in [0.1, 0.15) is 6.54 Å². The second-order valence-electron chi connectivity index (χ2n) is 5.40. The molecule has 1 heterocycles. The Morgan fingerprint density at radius 3 is 2.16 bits per heavy atom. The fourth-order valence-electron chi connectivity index (χ4n) is 2.23. The Kier molecular flexibility index (Phi) is 6.22. The molecule has 0 spiro atoms. The van der Waals surface area contributed by atoms with E-state index in [4.69, 9.17) is 5.11 Å². The summed E-state index contributed by atoms with van der Waals surface area (Å²) in [6.45, 7) is 4.54. The lowest BCUT2D eigenvalue weighted by molar-refractivity contribution is -0.137. The maximum atomic E-state index is 12.5. The highest BCUT2D eigenvalue weighted by atomic mass is 32.2. The van der Waals surface area contributed by atoms with E-state index >= 15 is 0 Å². The average Bonchev–Trinajstić information content (AvgIpc) is 2.55. The van der Waals surface area contributed by atoms with Crippen molar-refractivity contribution < 1.29 is 18.3 Å². The summed E-state index contributed by atoms with van der Waals surface area (Å²) < 4.78 is 27.5. The third-order valence-corrected chi connectivity index (χ3v) is 5.05. The molecule has 0 aromatic heterocycles. The van der Waals surface area contributed by atoms with Gasteiger partial charge >= 0.3 is 5.97 Å². The third-order valence-electron chi connectivity index (χ3n) is 3.10. The van der Waals surface area contributed by atoms with Crippen LogP contribution in [0.2, 0.25) is 0 Å². The summed E-state index contributed by atoms with van der Waals surface area (Å²) in [6, 6.07) is 0. The summed E-state index contributed by atoms with van der Waals surface area (Å²) >= 11 is 0. The number of nitrogens with zero attached hydrogens (tertiary/aromatic N) is 2. The topological polar surface area (TPSA) is 77.9 Å². The van der Waals surface area contributed by atoms with Crippen molar-refractivity contribution in [1.29, 1.82) is 0 Å². The van der Waals surface area contributed by atoms with Crippen molar-refractivity contribution in [1.82, 2.24) is 8.61 Å². The van der Waals surface area contributed by atoms with Crippen LogP contribution in [0.1, 0.15) is 39.5 Å². The fraction of sp³-hybridized carbons (Fsp3) is 0.917. The van der Waals surface area contributed by atoms with Crippen molar-refractivity contribution >= 4 is 16.2 Å². The average molecular weight is 292 g/mol. The first-order valence-corrected chi connectivity index (χ1v) is 8.20. The van der Waals surface area contributed by atoms with Crippen molar-refractivity contribution in [2.45, 2.75) is 39.5 Å². The van der Waals surface area contributed by atoms with Crippen molar-refractivity contribution in [3.05, 3.63) is 0 Å². The fourth-order valence-corrected chi connectivity index (χ4v) is 4.04. The number of carboxylic acid groups (broad SMARTS) is 1. The first-order valence-electron chi connectivity index (χ1n) is 6.81. The smallest absolute Gasteiger partial charge is 0.318 e. The Hall–Kier alpha value is -0.660. The van der Waals surface area contributed by atoms with Crippen LogP contribution in [0.15, 0.2) is 0 Å². The molecule has 1 N–H and O–H groups in total. The standard InChI is InChI=1S/C12H24N2O4S/c1-11(2)9-14(10-12(15)16)19(17,18)13-7-5-3-4-6-8-13/h11H,3-10H2,1-2H3,(H,15,16). The van der Waals surface area contributed by atoms with Crippen LogP contribution in [0, 0.1) is 5.92 Å². The van der Waals surface area contributed by atoms with E-state index in [1.165, 1.54) is 4.31 Å². The summed E-state index contributed by atoms with van der Waals surface area (Å²) in [5, 5.41) is 8.89. The molecule has 1 aliphatic rings. The summed E-state index contributed by atoms with van der Waals surface area (Å²) in [7, 11) is -3.65. The van der Waals surface area contributed by atoms with Crippen molar-refractivity contribution in [3.63, 3.8) is 0 Å². The Bertz CT molecular complexity index is 387. The molecular formula is C12H24N2O4S. The van der Waals surface area contributed by atoms with E-state index in [0.717, 1.165) is 30.0 Å². The molecule has 1 aliphatic heterocycles. The van der Waals surface area contributed by atoms with Gasteiger partial charge in [-0.3, -0.25) is 4.79 Å². The van der Waals surface area contributed by atoms with Crippen LogP contribution >= 0.6 is 0 Å². The molecule has 0 aromatic carbocycles. The SMILES string of the molecule is CC(C)CN(CC(=O)O)S(=O)(=O)N1CCCCCC1. The Morgan fingerprint density at radius 2 is 1.74 bits per heavy atom. The van der Waals surface area contributed by atoms with Gasteiger partial charge in [-0.15, -0.1) is 0 Å². The van der Waals surface area contributed by atoms with Gasteiger partial charge in [-0.25, -0.2) is 0 Å². The number of hydrogen-bond acceptors (Lipinski definition) is 3. The maximum absolute atomic E-state index is 12.5. The monoisotopic (exact) mass is 292 g/mol. The molecule has 1 saturated heterocycles. The van der Waals surface area contributed by atoms with Crippen LogP contribution in [-0.4, -0.2) is 54.3 Å². The minimum Gasteiger partial charge on any atom is -0.480 e. The molecule has 7 heteroatoms. The predicted molar refractivity (Wildman–Crippen MR) is 73.0 cm³/mol. The lowest BCUT2D eigenvalue weighted by Gasteiger charge is -2.29. The zero-order valence-electron chi connectivity index (χ0n) is 11.7. The molecule has 1 rings (SSSR count). The minimum atomic E-state index is -3.65. The maximum Gasteiger partial charge on any atom is 0.318 e. The Labute approximate surface area is 115 Å². The zero-order valence-corrected chi connectivity index (χ0v) is 12.5. The molecule has 1 fully saturated rings. The Balaban J connectivity index is 2.86. The molecule has 0 amide bonds. The number of hydrogen-bond donors (Lipinski definition) is 1. The summed E-state index contributed by atoms with van der Waals surface area (Å²) in [5.41, 5.74) is 0. The van der Waals surface area contributed by atoms with Crippen LogP contribution in [0.25, 0.3) is 0 Å². The predicted octanol–water partition coefficient (Wildman–Crippen LogP) is 1.15. The number of carbonyl (C=O) groups is 1. The summed E-state index contributed by atoms with van der Waals surface area (Å²) in [5.74, 6) is -1.01. The zero-order chi connectivity index (χ0) is 14.5. The molecule has 0 radical (unpaired) electrons. The van der Waals surface area contributed by atoms with E-state index in [2.05, 4.69) is 0 Å². The summed E-state index contributed by atoms with van der Waals surface area (Å²) in [4.78, 5) is 10.9. The van der Waals surface area contributed by atoms with Crippen LogP contribution in [0.4, 0.5) is 0 Å². The second kappa shape index (κ2) is 7.21. The van der Waals surface area contributed by atoms with Gasteiger partial charge in [0.25, 0.3) is 10.2 Å². The quantitative estimate of drug-likeness (QED) is 0.796. The third kappa shape index (κ3) is 5.08.